The van der Waals surface area contributed by atoms with Gasteiger partial charge in [-0.1, -0.05) is 70.3 Å². The summed E-state index contributed by atoms with van der Waals surface area (Å²) in [6, 6.07) is 10.2. The van der Waals surface area contributed by atoms with Gasteiger partial charge >= 0.3 is 0 Å². The third-order valence-electron chi connectivity index (χ3n) is 3.77. The number of para-hydroxylation sites is 1. The van der Waals surface area contributed by atoms with E-state index >= 15 is 0 Å². The minimum atomic E-state index is -0.269. The number of carbonyl (C=O) groups excluding carboxylic acids is 1. The molecule has 0 aliphatic heterocycles. The van der Waals surface area contributed by atoms with Crippen molar-refractivity contribution in [3.63, 3.8) is 0 Å². The lowest BCUT2D eigenvalue weighted by Crippen LogP contribution is -2.15. The average Bonchev–Trinajstić information content (AvgIpc) is 3.08. The number of benzene rings is 2. The molecule has 0 aliphatic rings. The highest BCUT2D eigenvalue weighted by atomic mass is 35.5. The normalized spacial score (nSPS) is 10.8. The minimum Gasteiger partial charge on any atom is -0.323 e. The highest BCUT2D eigenvalue weighted by Gasteiger charge is 2.17. The van der Waals surface area contributed by atoms with Crippen LogP contribution in [0, 0.1) is 0 Å². The van der Waals surface area contributed by atoms with Crippen molar-refractivity contribution in [3.8, 4) is 11.4 Å². The summed E-state index contributed by atoms with van der Waals surface area (Å²) in [7, 11) is 0. The van der Waals surface area contributed by atoms with Crippen LogP contribution in [0.1, 0.15) is 0 Å². The SMILES string of the molecule is C=CCn1c(SCC(=O)Nc2c(Cl)cccc2Cl)nnc1-c1ccc(Cl)c(Cl)c1. The van der Waals surface area contributed by atoms with Crippen LogP contribution < -0.4 is 5.32 Å². The van der Waals surface area contributed by atoms with Gasteiger partial charge in [0.05, 0.1) is 31.5 Å². The zero-order chi connectivity index (χ0) is 21.0. The summed E-state index contributed by atoms with van der Waals surface area (Å²) in [5.74, 6) is 0.424. The Kier molecular flexibility index (Phi) is 7.49. The molecule has 0 bridgehead atoms. The molecule has 2 aromatic carbocycles. The Morgan fingerprint density at radius 3 is 2.45 bits per heavy atom. The zero-order valence-corrected chi connectivity index (χ0v) is 18.7. The number of amides is 1. The summed E-state index contributed by atoms with van der Waals surface area (Å²) >= 11 is 25.5. The van der Waals surface area contributed by atoms with Gasteiger partial charge in [-0.3, -0.25) is 9.36 Å². The molecule has 3 aromatic rings. The van der Waals surface area contributed by atoms with Crippen LogP contribution in [-0.4, -0.2) is 26.4 Å². The summed E-state index contributed by atoms with van der Waals surface area (Å²) in [6.07, 6.45) is 1.72. The molecule has 1 aromatic heterocycles. The number of nitrogens with one attached hydrogen (secondary N) is 1. The lowest BCUT2D eigenvalue weighted by atomic mass is 10.2. The van der Waals surface area contributed by atoms with E-state index in [2.05, 4.69) is 22.1 Å². The lowest BCUT2D eigenvalue weighted by Gasteiger charge is -2.10. The van der Waals surface area contributed by atoms with Crippen molar-refractivity contribution in [2.24, 2.45) is 0 Å². The molecule has 1 heterocycles. The maximum atomic E-state index is 12.4. The summed E-state index contributed by atoms with van der Waals surface area (Å²) in [4.78, 5) is 12.4. The molecule has 0 saturated carbocycles. The van der Waals surface area contributed by atoms with Crippen molar-refractivity contribution in [1.29, 1.82) is 0 Å². The second kappa shape index (κ2) is 9.87. The number of hydrogen-bond donors (Lipinski definition) is 1. The number of hydrogen-bond acceptors (Lipinski definition) is 4. The second-order valence-corrected chi connectivity index (χ2v) is 8.34. The van der Waals surface area contributed by atoms with Gasteiger partial charge < -0.3 is 5.32 Å². The van der Waals surface area contributed by atoms with E-state index in [0.717, 1.165) is 5.56 Å². The standard InChI is InChI=1S/C19H14Cl4N4OS/c1-2-8-27-18(11-6-7-12(20)15(23)9-11)25-26-19(27)29-10-16(28)24-17-13(21)4-3-5-14(17)22/h2-7,9H,1,8,10H2,(H,24,28). The highest BCUT2D eigenvalue weighted by Crippen LogP contribution is 2.31. The largest absolute Gasteiger partial charge is 0.323 e. The molecule has 0 fully saturated rings. The number of anilines is 1. The molecule has 0 spiro atoms. The number of allylic oxidation sites excluding steroid dienone is 1. The van der Waals surface area contributed by atoms with E-state index < -0.39 is 0 Å². The van der Waals surface area contributed by atoms with E-state index in [9.17, 15) is 4.79 Å². The van der Waals surface area contributed by atoms with E-state index in [1.165, 1.54) is 11.8 Å². The Labute approximate surface area is 192 Å². The van der Waals surface area contributed by atoms with E-state index in [1.807, 2.05) is 4.57 Å². The fourth-order valence-electron chi connectivity index (χ4n) is 2.46. The first-order valence-electron chi connectivity index (χ1n) is 8.27. The van der Waals surface area contributed by atoms with Crippen LogP contribution in [0.4, 0.5) is 5.69 Å². The Morgan fingerprint density at radius 1 is 1.07 bits per heavy atom. The molecule has 29 heavy (non-hydrogen) atoms. The molecule has 150 valence electrons. The Balaban J connectivity index is 1.77. The Bertz CT molecular complexity index is 1050. The average molecular weight is 488 g/mol. The highest BCUT2D eigenvalue weighted by molar-refractivity contribution is 7.99. The number of halogens is 4. The molecule has 0 aliphatic carbocycles. The van der Waals surface area contributed by atoms with E-state index in [-0.39, 0.29) is 11.7 Å². The van der Waals surface area contributed by atoms with Crippen LogP contribution in [0.2, 0.25) is 20.1 Å². The molecule has 3 rings (SSSR count). The molecule has 1 amide bonds. The van der Waals surface area contributed by atoms with Crippen molar-refractivity contribution in [2.45, 2.75) is 11.7 Å². The smallest absolute Gasteiger partial charge is 0.234 e. The first-order chi connectivity index (χ1) is 13.9. The van der Waals surface area contributed by atoms with Crippen LogP contribution in [0.15, 0.2) is 54.2 Å². The summed E-state index contributed by atoms with van der Waals surface area (Å²) < 4.78 is 1.84. The number of nitrogens with zero attached hydrogens (tertiary/aromatic N) is 3. The molecule has 5 nitrogen and oxygen atoms in total. The molecule has 10 heteroatoms. The maximum absolute atomic E-state index is 12.4. The van der Waals surface area contributed by atoms with Crippen LogP contribution in [-0.2, 0) is 11.3 Å². The molecule has 0 unspecified atom stereocenters. The maximum Gasteiger partial charge on any atom is 0.234 e. The Hall–Kier alpha value is -1.70. The number of thioether (sulfide) groups is 1. The van der Waals surface area contributed by atoms with E-state index in [1.54, 1.807) is 42.5 Å². The Morgan fingerprint density at radius 2 is 1.79 bits per heavy atom. The first kappa shape index (κ1) is 22.0. The van der Waals surface area contributed by atoms with Gasteiger partial charge in [-0.2, -0.15) is 0 Å². The predicted molar refractivity (Wildman–Crippen MR) is 121 cm³/mol. The van der Waals surface area contributed by atoms with Crippen LogP contribution in [0.25, 0.3) is 11.4 Å². The fourth-order valence-corrected chi connectivity index (χ4v) is 4.00. The van der Waals surface area contributed by atoms with Gasteiger partial charge in [0.2, 0.25) is 5.91 Å². The third-order valence-corrected chi connectivity index (χ3v) is 6.10. The quantitative estimate of drug-likeness (QED) is 0.306. The molecule has 1 N–H and O–H groups in total. The molecular weight excluding hydrogens is 474 g/mol. The summed E-state index contributed by atoms with van der Waals surface area (Å²) in [5.41, 5.74) is 1.14. The fraction of sp³-hybridized carbons (Fsp3) is 0.105. The first-order valence-corrected chi connectivity index (χ1v) is 10.8. The van der Waals surface area contributed by atoms with Gasteiger partial charge in [-0.25, -0.2) is 0 Å². The van der Waals surface area contributed by atoms with Crippen LogP contribution in [0.3, 0.4) is 0 Å². The molecule has 0 atom stereocenters. The van der Waals surface area contributed by atoms with Gasteiger partial charge in [0, 0.05) is 12.1 Å². The third kappa shape index (κ3) is 5.27. The van der Waals surface area contributed by atoms with Crippen molar-refractivity contribution >= 4 is 69.8 Å². The van der Waals surface area contributed by atoms with Gasteiger partial charge in [0.1, 0.15) is 0 Å². The topological polar surface area (TPSA) is 59.8 Å². The molecule has 0 saturated heterocycles. The zero-order valence-electron chi connectivity index (χ0n) is 14.8. The molecular formula is C19H14Cl4N4OS. The van der Waals surface area contributed by atoms with Gasteiger partial charge in [-0.05, 0) is 30.3 Å². The second-order valence-electron chi connectivity index (χ2n) is 5.77. The van der Waals surface area contributed by atoms with Gasteiger partial charge in [0.15, 0.2) is 11.0 Å². The molecule has 0 radical (unpaired) electrons. The predicted octanol–water partition coefficient (Wildman–Crippen LogP) is 6.48. The van der Waals surface area contributed by atoms with E-state index in [4.69, 9.17) is 46.4 Å². The number of carbonyl (C=O) groups is 1. The minimum absolute atomic E-state index is 0.0954. The van der Waals surface area contributed by atoms with Crippen LogP contribution in [0.5, 0.6) is 0 Å². The monoisotopic (exact) mass is 486 g/mol. The van der Waals surface area contributed by atoms with E-state index in [0.29, 0.717) is 43.3 Å². The van der Waals surface area contributed by atoms with Crippen molar-refractivity contribution in [1.82, 2.24) is 14.8 Å². The number of rotatable bonds is 7. The number of aromatic nitrogens is 3. The van der Waals surface area contributed by atoms with Gasteiger partial charge in [0.25, 0.3) is 0 Å². The van der Waals surface area contributed by atoms with Crippen LogP contribution >= 0.6 is 58.2 Å². The van der Waals surface area contributed by atoms with Gasteiger partial charge in [-0.15, -0.1) is 16.8 Å². The van der Waals surface area contributed by atoms with Crippen molar-refractivity contribution < 1.29 is 4.79 Å². The van der Waals surface area contributed by atoms with Crippen molar-refractivity contribution in [2.75, 3.05) is 11.1 Å². The van der Waals surface area contributed by atoms with Crippen molar-refractivity contribution in [3.05, 3.63) is 69.1 Å². The summed E-state index contributed by atoms with van der Waals surface area (Å²) in [5, 5.41) is 13.3. The lowest BCUT2D eigenvalue weighted by molar-refractivity contribution is -0.113. The summed E-state index contributed by atoms with van der Waals surface area (Å²) in [6.45, 7) is 4.23.